The largest absolute Gasteiger partial charge is 0.391 e. The van der Waals surface area contributed by atoms with E-state index in [4.69, 9.17) is 23.2 Å². The van der Waals surface area contributed by atoms with Crippen LogP contribution in [-0.4, -0.2) is 20.7 Å². The summed E-state index contributed by atoms with van der Waals surface area (Å²) in [5, 5.41) is 0.408. The maximum atomic E-state index is 13.0. The third kappa shape index (κ3) is 4.14. The first kappa shape index (κ1) is 20.1. The number of aryl methyl sites for hydroxylation is 1. The van der Waals surface area contributed by atoms with Gasteiger partial charge in [-0.2, -0.15) is 13.2 Å². The lowest BCUT2D eigenvalue weighted by Crippen LogP contribution is -2.32. The number of aromatic nitrogens is 3. The van der Waals surface area contributed by atoms with E-state index in [0.717, 1.165) is 0 Å². The summed E-state index contributed by atoms with van der Waals surface area (Å²) < 4.78 is 40.2. The number of nitrogens with zero attached hydrogens (tertiary/aromatic N) is 3. The smallest absolute Gasteiger partial charge is 0.267 e. The minimum Gasteiger partial charge on any atom is -0.267 e. The van der Waals surface area contributed by atoms with Gasteiger partial charge in [0, 0.05) is 12.1 Å². The van der Waals surface area contributed by atoms with Crippen LogP contribution in [0.4, 0.5) is 13.2 Å². The quantitative estimate of drug-likeness (QED) is 0.674. The van der Waals surface area contributed by atoms with Crippen LogP contribution in [-0.2, 0) is 6.42 Å². The Bertz CT molecular complexity index is 873. The zero-order chi connectivity index (χ0) is 19.8. The van der Waals surface area contributed by atoms with E-state index in [1.807, 2.05) is 6.92 Å². The molecule has 2 heterocycles. The summed E-state index contributed by atoms with van der Waals surface area (Å²) in [5.74, 6) is -0.858. The Balaban J connectivity index is 2.05. The lowest BCUT2D eigenvalue weighted by atomic mass is 9.81. The van der Waals surface area contributed by atoms with E-state index >= 15 is 0 Å². The van der Waals surface area contributed by atoms with E-state index in [1.165, 1.54) is 10.8 Å². The first-order chi connectivity index (χ1) is 12.7. The molecule has 2 aromatic rings. The monoisotopic (exact) mass is 419 g/mol. The number of hydrogen-bond donors (Lipinski definition) is 0. The number of pyridine rings is 1. The van der Waals surface area contributed by atoms with Crippen LogP contribution in [0.5, 0.6) is 0 Å². The topological polar surface area (TPSA) is 47.8 Å². The van der Waals surface area contributed by atoms with Crippen LogP contribution < -0.4 is 5.56 Å². The van der Waals surface area contributed by atoms with Gasteiger partial charge in [-0.1, -0.05) is 30.1 Å². The van der Waals surface area contributed by atoms with Crippen molar-refractivity contribution in [2.24, 2.45) is 5.92 Å². The lowest BCUT2D eigenvalue weighted by molar-refractivity contribution is -0.182. The lowest BCUT2D eigenvalue weighted by Gasteiger charge is -2.30. The van der Waals surface area contributed by atoms with Crippen molar-refractivity contribution >= 4 is 23.2 Å². The minimum absolute atomic E-state index is 0.00183. The predicted molar refractivity (Wildman–Crippen MR) is 97.8 cm³/mol. The summed E-state index contributed by atoms with van der Waals surface area (Å²) >= 11 is 12.0. The van der Waals surface area contributed by atoms with Crippen LogP contribution in [0.3, 0.4) is 0 Å². The van der Waals surface area contributed by atoms with Crippen LogP contribution >= 0.6 is 23.2 Å². The van der Waals surface area contributed by atoms with Crippen molar-refractivity contribution in [3.8, 4) is 5.82 Å². The molecule has 0 atom stereocenters. The van der Waals surface area contributed by atoms with Crippen LogP contribution in [0.2, 0.25) is 10.0 Å². The molecule has 1 fully saturated rings. The molecule has 0 radical (unpaired) electrons. The van der Waals surface area contributed by atoms with Crippen molar-refractivity contribution in [3.05, 3.63) is 50.2 Å². The molecule has 0 amide bonds. The van der Waals surface area contributed by atoms with E-state index in [1.54, 1.807) is 12.1 Å². The Morgan fingerprint density at radius 2 is 1.85 bits per heavy atom. The third-order valence-corrected chi connectivity index (χ3v) is 5.56. The molecular formula is C18H18Cl2F3N3O. The number of hydrogen-bond acceptors (Lipinski definition) is 3. The Morgan fingerprint density at radius 1 is 1.19 bits per heavy atom. The van der Waals surface area contributed by atoms with Crippen molar-refractivity contribution in [1.82, 2.24) is 14.5 Å². The second-order valence-electron chi connectivity index (χ2n) is 6.65. The normalized spacial score (nSPS) is 20.7. The zero-order valence-corrected chi connectivity index (χ0v) is 16.1. The Morgan fingerprint density at radius 3 is 2.37 bits per heavy atom. The van der Waals surface area contributed by atoms with Gasteiger partial charge in [0.2, 0.25) is 0 Å². The first-order valence-corrected chi connectivity index (χ1v) is 9.48. The molecule has 0 aromatic carbocycles. The van der Waals surface area contributed by atoms with Gasteiger partial charge in [-0.15, -0.1) is 0 Å². The first-order valence-electron chi connectivity index (χ1n) is 8.72. The van der Waals surface area contributed by atoms with Gasteiger partial charge in [0.05, 0.1) is 16.6 Å². The summed E-state index contributed by atoms with van der Waals surface area (Å²) in [4.78, 5) is 21.6. The van der Waals surface area contributed by atoms with Gasteiger partial charge in [-0.05, 0) is 44.2 Å². The molecule has 4 nitrogen and oxygen atoms in total. The van der Waals surface area contributed by atoms with Crippen LogP contribution in [0.25, 0.3) is 5.82 Å². The summed E-state index contributed by atoms with van der Waals surface area (Å²) in [6, 6.07) is 3.15. The molecule has 3 rings (SSSR count). The summed E-state index contributed by atoms with van der Waals surface area (Å²) in [6.45, 7) is 1.82. The Kier molecular flexibility index (Phi) is 5.82. The highest BCUT2D eigenvalue weighted by molar-refractivity contribution is 6.31. The van der Waals surface area contributed by atoms with Gasteiger partial charge in [0.15, 0.2) is 0 Å². The van der Waals surface area contributed by atoms with Crippen LogP contribution in [0.15, 0.2) is 23.1 Å². The number of halogens is 5. The van der Waals surface area contributed by atoms with Gasteiger partial charge < -0.3 is 0 Å². The van der Waals surface area contributed by atoms with Crippen LogP contribution in [0, 0.1) is 5.92 Å². The third-order valence-electron chi connectivity index (χ3n) is 4.95. The molecule has 27 heavy (non-hydrogen) atoms. The molecule has 0 unspecified atom stereocenters. The maximum Gasteiger partial charge on any atom is 0.391 e. The van der Waals surface area contributed by atoms with Crippen molar-refractivity contribution in [2.75, 3.05) is 0 Å². The highest BCUT2D eigenvalue weighted by Gasteiger charge is 2.42. The molecule has 0 bridgehead atoms. The number of alkyl halides is 3. The summed E-state index contributed by atoms with van der Waals surface area (Å²) in [5.41, 5.74) is -0.0221. The van der Waals surface area contributed by atoms with E-state index in [-0.39, 0.29) is 23.8 Å². The number of rotatable bonds is 3. The molecule has 1 aliphatic rings. The average molecular weight is 420 g/mol. The van der Waals surface area contributed by atoms with Crippen molar-refractivity contribution in [3.63, 3.8) is 0 Å². The van der Waals surface area contributed by atoms with E-state index in [9.17, 15) is 18.0 Å². The fourth-order valence-electron chi connectivity index (χ4n) is 3.47. The predicted octanol–water partition coefficient (Wildman–Crippen LogP) is 5.33. The van der Waals surface area contributed by atoms with Crippen molar-refractivity contribution in [1.29, 1.82) is 0 Å². The van der Waals surface area contributed by atoms with E-state index < -0.39 is 17.7 Å². The average Bonchev–Trinajstić information content (AvgIpc) is 2.64. The zero-order valence-electron chi connectivity index (χ0n) is 14.6. The van der Waals surface area contributed by atoms with Crippen LogP contribution in [0.1, 0.15) is 50.0 Å². The highest BCUT2D eigenvalue weighted by atomic mass is 35.5. The maximum absolute atomic E-state index is 13.0. The molecular weight excluding hydrogens is 402 g/mol. The molecule has 2 aromatic heterocycles. The molecule has 0 saturated heterocycles. The summed E-state index contributed by atoms with van der Waals surface area (Å²) in [6.07, 6.45) is -1.71. The molecule has 9 heteroatoms. The van der Waals surface area contributed by atoms with Gasteiger partial charge >= 0.3 is 6.18 Å². The second-order valence-corrected chi connectivity index (χ2v) is 7.46. The molecule has 1 aliphatic carbocycles. The van der Waals surface area contributed by atoms with Gasteiger partial charge in [0.1, 0.15) is 16.7 Å². The minimum atomic E-state index is -4.19. The molecule has 146 valence electrons. The van der Waals surface area contributed by atoms with Crippen molar-refractivity contribution < 1.29 is 13.2 Å². The Labute approximate surface area is 164 Å². The molecule has 0 spiro atoms. The Hall–Kier alpha value is -1.60. The second kappa shape index (κ2) is 7.80. The van der Waals surface area contributed by atoms with E-state index in [2.05, 4.69) is 9.97 Å². The molecule has 0 aliphatic heterocycles. The fraction of sp³-hybridized carbons (Fsp3) is 0.500. The van der Waals surface area contributed by atoms with E-state index in [0.29, 0.717) is 41.6 Å². The highest BCUT2D eigenvalue weighted by Crippen LogP contribution is 2.42. The van der Waals surface area contributed by atoms with Gasteiger partial charge in [-0.25, -0.2) is 14.5 Å². The molecule has 1 saturated carbocycles. The van der Waals surface area contributed by atoms with Gasteiger partial charge in [0.25, 0.3) is 5.56 Å². The summed E-state index contributed by atoms with van der Waals surface area (Å²) in [7, 11) is 0. The molecule has 0 N–H and O–H groups in total. The standard InChI is InChI=1S/C18H18Cl2F3N3O/c1-2-13-15(20)17(27)26(14-8-7-12(19)9-24-14)16(25-13)10-3-5-11(6-4-10)18(21,22)23/h7-11H,2-6H2,1H3/t10-,11+. The SMILES string of the molecule is CCc1nc([C@H]2CC[C@@H](C(F)(F)F)CC2)n(-c2ccc(Cl)cn2)c(=O)c1Cl. The van der Waals surface area contributed by atoms with Gasteiger partial charge in [-0.3, -0.25) is 4.79 Å². The van der Waals surface area contributed by atoms with Crippen molar-refractivity contribution in [2.45, 2.75) is 51.1 Å². The fourth-order valence-corrected chi connectivity index (χ4v) is 3.84.